The van der Waals surface area contributed by atoms with Gasteiger partial charge in [0.15, 0.2) is 0 Å². The fourth-order valence-electron chi connectivity index (χ4n) is 1.79. The Hall–Kier alpha value is -1.71. The average Bonchev–Trinajstić information content (AvgIpc) is 2.30. The molecule has 4 heteroatoms. The van der Waals surface area contributed by atoms with Crippen molar-refractivity contribution in [2.24, 2.45) is 16.3 Å². The van der Waals surface area contributed by atoms with Crippen LogP contribution in [-0.2, 0) is 0 Å². The number of nitrogens with zero attached hydrogens (tertiary/aromatic N) is 1. The monoisotopic (exact) mass is 249 g/mol. The summed E-state index contributed by atoms with van der Waals surface area (Å²) in [6, 6.07) is 6.32. The largest absolute Gasteiger partial charge is 0.409 e. The number of hydrogen-bond acceptors (Lipinski definition) is 3. The van der Waals surface area contributed by atoms with E-state index in [2.05, 4.69) is 42.5 Å². The summed E-state index contributed by atoms with van der Waals surface area (Å²) >= 11 is 0. The number of benzene rings is 1. The molecule has 0 unspecified atom stereocenters. The van der Waals surface area contributed by atoms with Crippen LogP contribution in [0.2, 0.25) is 0 Å². The van der Waals surface area contributed by atoms with E-state index in [1.165, 1.54) is 11.1 Å². The minimum Gasteiger partial charge on any atom is -0.409 e. The van der Waals surface area contributed by atoms with Gasteiger partial charge in [0.25, 0.3) is 0 Å². The van der Waals surface area contributed by atoms with Gasteiger partial charge in [0.2, 0.25) is 0 Å². The van der Waals surface area contributed by atoms with Crippen LogP contribution in [0.25, 0.3) is 0 Å². The summed E-state index contributed by atoms with van der Waals surface area (Å²) in [7, 11) is 0. The Bertz CT molecular complexity index is 439. The quantitative estimate of drug-likeness (QED) is 0.325. The highest BCUT2D eigenvalue weighted by Gasteiger charge is 2.22. The molecule has 1 rings (SSSR count). The Balaban J connectivity index is 2.57. The minimum atomic E-state index is -0.305. The third-order valence-corrected chi connectivity index (χ3v) is 3.25. The average molecular weight is 249 g/mol. The number of rotatable bonds is 5. The molecular formula is C14H23N3O. The van der Waals surface area contributed by atoms with E-state index in [9.17, 15) is 0 Å². The predicted molar refractivity (Wildman–Crippen MR) is 76.2 cm³/mol. The summed E-state index contributed by atoms with van der Waals surface area (Å²) < 4.78 is 0. The van der Waals surface area contributed by atoms with Gasteiger partial charge in [-0.25, -0.2) is 0 Å². The molecule has 4 nitrogen and oxygen atoms in total. The molecule has 0 bridgehead atoms. The molecule has 1 aromatic rings. The van der Waals surface area contributed by atoms with Crippen LogP contribution in [-0.4, -0.2) is 17.6 Å². The highest BCUT2D eigenvalue weighted by molar-refractivity contribution is 5.85. The Kier molecular flexibility index (Phi) is 4.59. The van der Waals surface area contributed by atoms with Crippen molar-refractivity contribution >= 4 is 11.5 Å². The Labute approximate surface area is 109 Å². The summed E-state index contributed by atoms with van der Waals surface area (Å²) in [5, 5.41) is 15.2. The maximum absolute atomic E-state index is 8.70. The molecule has 0 amide bonds. The molecule has 0 fully saturated rings. The second-order valence-electron chi connectivity index (χ2n) is 5.36. The van der Waals surface area contributed by atoms with Crippen LogP contribution in [0.3, 0.4) is 0 Å². The number of nitrogens with one attached hydrogen (secondary N) is 1. The highest BCUT2D eigenvalue weighted by Crippen LogP contribution is 2.22. The van der Waals surface area contributed by atoms with Crippen molar-refractivity contribution in [1.82, 2.24) is 0 Å². The van der Waals surface area contributed by atoms with E-state index in [0.717, 1.165) is 18.7 Å². The van der Waals surface area contributed by atoms with Crippen LogP contribution in [0, 0.1) is 19.3 Å². The maximum Gasteiger partial charge on any atom is 0.144 e. The van der Waals surface area contributed by atoms with Crippen LogP contribution in [0.4, 0.5) is 5.69 Å². The van der Waals surface area contributed by atoms with Crippen LogP contribution < -0.4 is 11.1 Å². The first-order valence-electron chi connectivity index (χ1n) is 6.16. The maximum atomic E-state index is 8.70. The second kappa shape index (κ2) is 5.76. The van der Waals surface area contributed by atoms with Crippen LogP contribution >= 0.6 is 0 Å². The van der Waals surface area contributed by atoms with E-state index in [0.29, 0.717) is 0 Å². The van der Waals surface area contributed by atoms with E-state index in [1.807, 2.05) is 13.8 Å². The first-order valence-corrected chi connectivity index (χ1v) is 6.16. The van der Waals surface area contributed by atoms with Gasteiger partial charge in [-0.05, 0) is 31.9 Å². The third kappa shape index (κ3) is 3.65. The lowest BCUT2D eigenvalue weighted by atomic mass is 9.88. The van der Waals surface area contributed by atoms with Crippen LogP contribution in [0.1, 0.15) is 31.4 Å². The standard InChI is InChI=1S/C14H23N3O/c1-10-5-6-12(11(2)9-10)16-8-7-14(3,4)13(15)17-18/h5-6,9,16,18H,7-8H2,1-4H3,(H2,15,17). The zero-order valence-electron chi connectivity index (χ0n) is 11.6. The zero-order chi connectivity index (χ0) is 13.8. The summed E-state index contributed by atoms with van der Waals surface area (Å²) in [4.78, 5) is 0. The molecule has 0 saturated carbocycles. The van der Waals surface area contributed by atoms with Crippen molar-refractivity contribution in [2.45, 2.75) is 34.1 Å². The van der Waals surface area contributed by atoms with Crippen molar-refractivity contribution in [3.63, 3.8) is 0 Å². The smallest absolute Gasteiger partial charge is 0.144 e. The SMILES string of the molecule is Cc1ccc(NCCC(C)(C)C(N)=NO)c(C)c1. The molecule has 0 atom stereocenters. The molecule has 0 aromatic heterocycles. The highest BCUT2D eigenvalue weighted by atomic mass is 16.4. The topological polar surface area (TPSA) is 70.6 Å². The lowest BCUT2D eigenvalue weighted by Gasteiger charge is -2.23. The lowest BCUT2D eigenvalue weighted by Crippen LogP contribution is -2.33. The van der Waals surface area contributed by atoms with Gasteiger partial charge in [-0.3, -0.25) is 0 Å². The molecule has 18 heavy (non-hydrogen) atoms. The van der Waals surface area contributed by atoms with Crippen molar-refractivity contribution in [1.29, 1.82) is 0 Å². The Morgan fingerprint density at radius 1 is 1.39 bits per heavy atom. The van der Waals surface area contributed by atoms with Crippen molar-refractivity contribution < 1.29 is 5.21 Å². The summed E-state index contributed by atoms with van der Waals surface area (Å²) in [5.74, 6) is 0.268. The molecule has 1 aromatic carbocycles. The molecule has 4 N–H and O–H groups in total. The number of aryl methyl sites for hydroxylation is 2. The predicted octanol–water partition coefficient (Wildman–Crippen LogP) is 2.88. The molecule has 0 heterocycles. The normalized spacial score (nSPS) is 12.6. The van der Waals surface area contributed by atoms with Crippen molar-refractivity contribution in [3.05, 3.63) is 29.3 Å². The van der Waals surface area contributed by atoms with Gasteiger partial charge in [-0.15, -0.1) is 0 Å². The van der Waals surface area contributed by atoms with Gasteiger partial charge in [0, 0.05) is 17.6 Å². The van der Waals surface area contributed by atoms with E-state index in [4.69, 9.17) is 10.9 Å². The first-order chi connectivity index (χ1) is 8.36. The number of oxime groups is 1. The summed E-state index contributed by atoms with van der Waals surface area (Å²) in [5.41, 5.74) is 8.97. The molecule has 0 saturated heterocycles. The van der Waals surface area contributed by atoms with Crippen LogP contribution in [0.15, 0.2) is 23.4 Å². The summed E-state index contributed by atoms with van der Waals surface area (Å²) in [6.45, 7) is 8.88. The van der Waals surface area contributed by atoms with Gasteiger partial charge in [-0.1, -0.05) is 36.7 Å². The third-order valence-electron chi connectivity index (χ3n) is 3.25. The number of amidine groups is 1. The van der Waals surface area contributed by atoms with Crippen molar-refractivity contribution in [3.8, 4) is 0 Å². The number of anilines is 1. The number of nitrogens with two attached hydrogens (primary N) is 1. The fourth-order valence-corrected chi connectivity index (χ4v) is 1.79. The number of hydrogen-bond donors (Lipinski definition) is 3. The lowest BCUT2D eigenvalue weighted by molar-refractivity contribution is 0.306. The fraction of sp³-hybridized carbons (Fsp3) is 0.500. The molecule has 0 aliphatic carbocycles. The van der Waals surface area contributed by atoms with Gasteiger partial charge in [0.05, 0.1) is 0 Å². The molecule has 0 spiro atoms. The second-order valence-corrected chi connectivity index (χ2v) is 5.36. The van der Waals surface area contributed by atoms with E-state index < -0.39 is 0 Å². The van der Waals surface area contributed by atoms with Crippen molar-refractivity contribution in [2.75, 3.05) is 11.9 Å². The van der Waals surface area contributed by atoms with Gasteiger partial charge in [-0.2, -0.15) is 0 Å². The first kappa shape index (κ1) is 14.4. The Morgan fingerprint density at radius 2 is 2.06 bits per heavy atom. The molecule has 0 aliphatic heterocycles. The van der Waals surface area contributed by atoms with Crippen LogP contribution in [0.5, 0.6) is 0 Å². The molecule has 0 aliphatic rings. The van der Waals surface area contributed by atoms with E-state index in [-0.39, 0.29) is 11.3 Å². The molecule has 100 valence electrons. The van der Waals surface area contributed by atoms with Gasteiger partial charge < -0.3 is 16.3 Å². The molecular weight excluding hydrogens is 226 g/mol. The summed E-state index contributed by atoms with van der Waals surface area (Å²) in [6.07, 6.45) is 0.802. The molecule has 0 radical (unpaired) electrons. The Morgan fingerprint density at radius 3 is 2.61 bits per heavy atom. The minimum absolute atomic E-state index is 0.268. The van der Waals surface area contributed by atoms with Gasteiger partial charge >= 0.3 is 0 Å². The van der Waals surface area contributed by atoms with E-state index in [1.54, 1.807) is 0 Å². The van der Waals surface area contributed by atoms with E-state index >= 15 is 0 Å². The zero-order valence-corrected chi connectivity index (χ0v) is 11.6. The van der Waals surface area contributed by atoms with Gasteiger partial charge in [0.1, 0.15) is 5.84 Å².